The van der Waals surface area contributed by atoms with Crippen LogP contribution < -0.4 is 5.32 Å². The molecule has 1 aliphatic rings. The van der Waals surface area contributed by atoms with Crippen molar-refractivity contribution < 1.29 is 4.79 Å². The van der Waals surface area contributed by atoms with Gasteiger partial charge in [0.1, 0.15) is 0 Å². The number of aryl methyl sites for hydroxylation is 2. The van der Waals surface area contributed by atoms with Gasteiger partial charge < -0.3 is 5.32 Å². The average Bonchev–Trinajstić information content (AvgIpc) is 3.38. The van der Waals surface area contributed by atoms with Gasteiger partial charge >= 0.3 is 0 Å². The molecule has 1 amide bonds. The molecule has 0 unspecified atom stereocenters. The van der Waals surface area contributed by atoms with Crippen LogP contribution >= 0.6 is 11.3 Å². The zero-order valence-electron chi connectivity index (χ0n) is 16.6. The number of thiophene rings is 1. The predicted octanol–water partition coefficient (Wildman–Crippen LogP) is 4.12. The molecule has 30 heavy (non-hydrogen) atoms. The van der Waals surface area contributed by atoms with Crippen LogP contribution in [0.5, 0.6) is 0 Å². The number of amides is 1. The smallest absolute Gasteiger partial charge is 0.255 e. The summed E-state index contributed by atoms with van der Waals surface area (Å²) in [6.45, 7) is 2.38. The number of carbonyl (C=O) groups excluding carboxylic acids is 1. The van der Waals surface area contributed by atoms with Gasteiger partial charge in [0.25, 0.3) is 11.9 Å². The molecule has 5 rings (SSSR count). The van der Waals surface area contributed by atoms with E-state index in [-0.39, 0.29) is 5.91 Å². The number of aromatic nitrogens is 4. The van der Waals surface area contributed by atoms with E-state index in [0.29, 0.717) is 18.1 Å². The highest BCUT2D eigenvalue weighted by Crippen LogP contribution is 2.31. The summed E-state index contributed by atoms with van der Waals surface area (Å²) < 4.78 is 1.65. The Morgan fingerprint density at radius 1 is 1.13 bits per heavy atom. The number of nitrogens with one attached hydrogen (secondary N) is 1. The molecule has 1 N–H and O–H groups in total. The molecule has 4 aromatic rings. The third-order valence-corrected chi connectivity index (χ3v) is 6.34. The SMILES string of the molecule is Cc1c(C(=O)NCc2cccs2)cnn1-c1ncc2c(n1)-c1ccccc1CCC2. The van der Waals surface area contributed by atoms with E-state index < -0.39 is 0 Å². The average molecular weight is 416 g/mol. The molecule has 7 heteroatoms. The fraction of sp³-hybridized carbons (Fsp3) is 0.217. The minimum absolute atomic E-state index is 0.146. The first-order chi connectivity index (χ1) is 14.7. The summed E-state index contributed by atoms with van der Waals surface area (Å²) in [7, 11) is 0. The van der Waals surface area contributed by atoms with Gasteiger partial charge in [0.2, 0.25) is 0 Å². The second-order valence-corrected chi connectivity index (χ2v) is 8.40. The third kappa shape index (κ3) is 3.41. The third-order valence-electron chi connectivity index (χ3n) is 5.46. The molecule has 0 fully saturated rings. The summed E-state index contributed by atoms with van der Waals surface area (Å²) in [6.07, 6.45) is 6.57. The molecule has 0 bridgehead atoms. The zero-order chi connectivity index (χ0) is 20.5. The van der Waals surface area contributed by atoms with Crippen molar-refractivity contribution in [3.8, 4) is 17.2 Å². The highest BCUT2D eigenvalue weighted by molar-refractivity contribution is 7.09. The number of nitrogens with zero attached hydrogens (tertiary/aromatic N) is 4. The van der Waals surface area contributed by atoms with Crippen LogP contribution in [0.3, 0.4) is 0 Å². The normalized spacial score (nSPS) is 12.7. The van der Waals surface area contributed by atoms with Gasteiger partial charge in [-0.2, -0.15) is 5.10 Å². The van der Waals surface area contributed by atoms with Crippen molar-refractivity contribution in [2.24, 2.45) is 0 Å². The lowest BCUT2D eigenvalue weighted by molar-refractivity contribution is 0.0950. The Morgan fingerprint density at radius 2 is 2.00 bits per heavy atom. The minimum atomic E-state index is -0.146. The Labute approximate surface area is 178 Å². The number of hydrogen-bond donors (Lipinski definition) is 1. The number of hydrogen-bond acceptors (Lipinski definition) is 5. The quantitative estimate of drug-likeness (QED) is 0.544. The minimum Gasteiger partial charge on any atom is -0.347 e. The van der Waals surface area contributed by atoms with Crippen LogP contribution in [0.1, 0.15) is 38.5 Å². The maximum absolute atomic E-state index is 12.6. The largest absolute Gasteiger partial charge is 0.347 e. The second-order valence-electron chi connectivity index (χ2n) is 7.37. The monoisotopic (exact) mass is 415 g/mol. The van der Waals surface area contributed by atoms with Crippen LogP contribution in [-0.4, -0.2) is 25.7 Å². The lowest BCUT2D eigenvalue weighted by atomic mass is 10.0. The van der Waals surface area contributed by atoms with Crippen molar-refractivity contribution in [3.05, 3.63) is 81.4 Å². The molecule has 0 saturated carbocycles. The van der Waals surface area contributed by atoms with Crippen molar-refractivity contribution in [1.82, 2.24) is 25.1 Å². The topological polar surface area (TPSA) is 72.7 Å². The number of fused-ring (bicyclic) bond motifs is 3. The highest BCUT2D eigenvalue weighted by Gasteiger charge is 2.20. The number of carbonyl (C=O) groups is 1. The van der Waals surface area contributed by atoms with E-state index in [1.54, 1.807) is 22.2 Å². The molecule has 0 radical (unpaired) electrons. The van der Waals surface area contributed by atoms with E-state index >= 15 is 0 Å². The maximum Gasteiger partial charge on any atom is 0.255 e. The molecule has 6 nitrogen and oxygen atoms in total. The van der Waals surface area contributed by atoms with Crippen molar-refractivity contribution in [2.75, 3.05) is 0 Å². The Hall–Kier alpha value is -3.32. The first-order valence-electron chi connectivity index (χ1n) is 10.0. The van der Waals surface area contributed by atoms with Gasteiger partial charge in [0.15, 0.2) is 0 Å². The van der Waals surface area contributed by atoms with Gasteiger partial charge in [-0.05, 0) is 48.8 Å². The molecule has 3 aromatic heterocycles. The summed E-state index contributed by atoms with van der Waals surface area (Å²) in [5.41, 5.74) is 5.85. The lowest BCUT2D eigenvalue weighted by Crippen LogP contribution is -2.23. The van der Waals surface area contributed by atoms with Crippen LogP contribution in [0, 0.1) is 6.92 Å². The van der Waals surface area contributed by atoms with Gasteiger partial charge in [-0.15, -0.1) is 11.3 Å². The Morgan fingerprint density at radius 3 is 2.87 bits per heavy atom. The molecule has 0 atom stereocenters. The van der Waals surface area contributed by atoms with E-state index in [1.165, 1.54) is 5.56 Å². The second kappa shape index (κ2) is 7.84. The van der Waals surface area contributed by atoms with Crippen LogP contribution in [0.25, 0.3) is 17.2 Å². The number of rotatable bonds is 4. The van der Waals surface area contributed by atoms with Crippen molar-refractivity contribution in [1.29, 1.82) is 0 Å². The van der Waals surface area contributed by atoms with Crippen LogP contribution in [-0.2, 0) is 19.4 Å². The summed E-state index contributed by atoms with van der Waals surface area (Å²) in [5.74, 6) is 0.340. The van der Waals surface area contributed by atoms with Crippen LogP contribution in [0.15, 0.2) is 54.2 Å². The van der Waals surface area contributed by atoms with E-state index in [4.69, 9.17) is 4.98 Å². The molecule has 3 heterocycles. The molecular formula is C23H21N5OS. The van der Waals surface area contributed by atoms with Gasteiger partial charge in [-0.3, -0.25) is 4.79 Å². The molecule has 150 valence electrons. The summed E-state index contributed by atoms with van der Waals surface area (Å²) >= 11 is 1.62. The fourth-order valence-corrected chi connectivity index (χ4v) is 4.51. The zero-order valence-corrected chi connectivity index (χ0v) is 17.4. The van der Waals surface area contributed by atoms with Gasteiger partial charge in [-0.1, -0.05) is 30.3 Å². The van der Waals surface area contributed by atoms with Gasteiger partial charge in [0, 0.05) is 16.6 Å². The number of benzene rings is 1. The van der Waals surface area contributed by atoms with E-state index in [2.05, 4.69) is 33.6 Å². The van der Waals surface area contributed by atoms with E-state index in [1.807, 2.05) is 36.7 Å². The maximum atomic E-state index is 12.6. The molecular weight excluding hydrogens is 394 g/mol. The first kappa shape index (κ1) is 18.7. The van der Waals surface area contributed by atoms with Crippen molar-refractivity contribution in [2.45, 2.75) is 32.7 Å². The molecule has 1 aromatic carbocycles. The summed E-state index contributed by atoms with van der Waals surface area (Å²) in [6, 6.07) is 12.4. The molecule has 0 spiro atoms. The Kier molecular flexibility index (Phi) is 4.88. The summed E-state index contributed by atoms with van der Waals surface area (Å²) in [4.78, 5) is 23.2. The molecule has 0 aliphatic heterocycles. The van der Waals surface area contributed by atoms with Gasteiger partial charge in [-0.25, -0.2) is 14.6 Å². The molecule has 0 saturated heterocycles. The first-order valence-corrected chi connectivity index (χ1v) is 10.9. The van der Waals surface area contributed by atoms with E-state index in [9.17, 15) is 4.79 Å². The highest BCUT2D eigenvalue weighted by atomic mass is 32.1. The predicted molar refractivity (Wildman–Crippen MR) is 117 cm³/mol. The molecule has 1 aliphatic carbocycles. The van der Waals surface area contributed by atoms with Gasteiger partial charge in [0.05, 0.1) is 29.7 Å². The van der Waals surface area contributed by atoms with Crippen molar-refractivity contribution >= 4 is 17.2 Å². The standard InChI is InChI=1S/C23H21N5OS/c1-15-20(22(29)24-13-18-9-5-11-30-18)14-26-28(15)23-25-12-17-8-4-7-16-6-2-3-10-19(16)21(17)27-23/h2-3,5-6,9-12,14H,4,7-8,13H2,1H3,(H,24,29). The Balaban J connectivity index is 1.46. The van der Waals surface area contributed by atoms with Crippen molar-refractivity contribution in [3.63, 3.8) is 0 Å². The van der Waals surface area contributed by atoms with E-state index in [0.717, 1.165) is 46.7 Å². The van der Waals surface area contributed by atoms with Crippen LogP contribution in [0.4, 0.5) is 0 Å². The lowest BCUT2D eigenvalue weighted by Gasteiger charge is -2.10. The summed E-state index contributed by atoms with van der Waals surface area (Å²) in [5, 5.41) is 9.37. The fourth-order valence-electron chi connectivity index (χ4n) is 3.86. The van der Waals surface area contributed by atoms with Crippen LogP contribution in [0.2, 0.25) is 0 Å². The Bertz CT molecular complexity index is 1210.